The van der Waals surface area contributed by atoms with E-state index < -0.39 is 0 Å². The Kier molecular flexibility index (Phi) is 5.99. The van der Waals surface area contributed by atoms with Gasteiger partial charge < -0.3 is 0 Å². The molecule has 0 saturated carbocycles. The molecule has 0 amide bonds. The second-order valence-corrected chi connectivity index (χ2v) is 6.83. The van der Waals surface area contributed by atoms with Gasteiger partial charge >= 0.3 is 0 Å². The summed E-state index contributed by atoms with van der Waals surface area (Å²) in [4.78, 5) is 2.57. The van der Waals surface area contributed by atoms with Gasteiger partial charge in [-0.1, -0.05) is 62.4 Å². The summed E-state index contributed by atoms with van der Waals surface area (Å²) in [6, 6.07) is 6.83. The molecule has 1 atom stereocenters. The van der Waals surface area contributed by atoms with Crippen LogP contribution < -0.4 is 0 Å². The first kappa shape index (κ1) is 14.8. The number of alkyl halides is 1. The van der Waals surface area contributed by atoms with Crippen molar-refractivity contribution in [3.05, 3.63) is 33.3 Å². The number of hydrogen-bond acceptors (Lipinski definition) is 1. The summed E-state index contributed by atoms with van der Waals surface area (Å²) in [6.07, 6.45) is 5.30. The van der Waals surface area contributed by atoms with E-state index in [1.165, 1.54) is 37.8 Å². The van der Waals surface area contributed by atoms with Crippen LogP contribution in [0.15, 0.2) is 22.7 Å². The van der Waals surface area contributed by atoms with Crippen LogP contribution in [0.25, 0.3) is 0 Å². The molecule has 1 aliphatic rings. The zero-order chi connectivity index (χ0) is 13.0. The Morgan fingerprint density at radius 3 is 2.83 bits per heavy atom. The van der Waals surface area contributed by atoms with E-state index >= 15 is 0 Å². The van der Waals surface area contributed by atoms with E-state index in [0.717, 1.165) is 21.4 Å². The summed E-state index contributed by atoms with van der Waals surface area (Å²) < 4.78 is 1.05. The van der Waals surface area contributed by atoms with Crippen molar-refractivity contribution < 1.29 is 0 Å². The first-order valence-corrected chi connectivity index (χ1v) is 8.74. The van der Waals surface area contributed by atoms with Gasteiger partial charge in [0.05, 0.1) is 0 Å². The van der Waals surface area contributed by atoms with Crippen molar-refractivity contribution in [2.24, 2.45) is 0 Å². The van der Waals surface area contributed by atoms with Gasteiger partial charge in [0.1, 0.15) is 0 Å². The van der Waals surface area contributed by atoms with Crippen molar-refractivity contribution in [1.29, 1.82) is 0 Å². The molecule has 0 radical (unpaired) electrons. The summed E-state index contributed by atoms with van der Waals surface area (Å²) in [7, 11) is 0. The third-order valence-corrected chi connectivity index (χ3v) is 5.16. The predicted molar refractivity (Wildman–Crippen MR) is 85.6 cm³/mol. The number of benzene rings is 1. The van der Waals surface area contributed by atoms with Crippen LogP contribution in [0.3, 0.4) is 0 Å². The molecule has 1 nitrogen and oxygen atoms in total. The molecule has 100 valence electrons. The van der Waals surface area contributed by atoms with Gasteiger partial charge in [0.2, 0.25) is 0 Å². The van der Waals surface area contributed by atoms with Crippen LogP contribution in [0.2, 0.25) is 5.02 Å². The quantitative estimate of drug-likeness (QED) is 0.633. The molecule has 0 aromatic heterocycles. The van der Waals surface area contributed by atoms with Crippen LogP contribution in [-0.4, -0.2) is 22.8 Å². The lowest BCUT2D eigenvalue weighted by atomic mass is 10.1. The fourth-order valence-electron chi connectivity index (χ4n) is 2.49. The van der Waals surface area contributed by atoms with E-state index in [-0.39, 0.29) is 0 Å². The van der Waals surface area contributed by atoms with Crippen LogP contribution in [0.1, 0.15) is 31.2 Å². The van der Waals surface area contributed by atoms with Gasteiger partial charge in [0, 0.05) is 27.4 Å². The standard InChI is InChI=1S/C14H18Br2ClN/c15-9-13-4-2-1-3-7-18(13)10-11-5-6-12(16)8-14(11)17/h5-6,8,13H,1-4,7,9-10H2. The number of hydrogen-bond donors (Lipinski definition) is 0. The van der Waals surface area contributed by atoms with Crippen molar-refractivity contribution in [2.45, 2.75) is 38.3 Å². The summed E-state index contributed by atoms with van der Waals surface area (Å²) in [6.45, 7) is 2.14. The minimum absolute atomic E-state index is 0.646. The average molecular weight is 396 g/mol. The van der Waals surface area contributed by atoms with E-state index in [0.29, 0.717) is 6.04 Å². The monoisotopic (exact) mass is 393 g/mol. The smallest absolute Gasteiger partial charge is 0.0462 e. The van der Waals surface area contributed by atoms with Crippen LogP contribution >= 0.6 is 43.5 Å². The van der Waals surface area contributed by atoms with E-state index in [1.807, 2.05) is 6.07 Å². The minimum atomic E-state index is 0.646. The Bertz CT molecular complexity index is 397. The SMILES string of the molecule is Clc1cc(Br)ccc1CN1CCCCCC1CBr. The maximum Gasteiger partial charge on any atom is 0.0462 e. The highest BCUT2D eigenvalue weighted by Gasteiger charge is 2.20. The van der Waals surface area contributed by atoms with Crippen LogP contribution in [0, 0.1) is 0 Å². The second-order valence-electron chi connectivity index (χ2n) is 4.86. The van der Waals surface area contributed by atoms with Crippen molar-refractivity contribution in [3.8, 4) is 0 Å². The Labute approximate surface area is 131 Å². The Morgan fingerprint density at radius 1 is 1.28 bits per heavy atom. The molecule has 0 bridgehead atoms. The maximum atomic E-state index is 6.31. The predicted octanol–water partition coefficient (Wildman–Crippen LogP) is 5.24. The maximum absolute atomic E-state index is 6.31. The van der Waals surface area contributed by atoms with Crippen molar-refractivity contribution >= 4 is 43.5 Å². The molecule has 1 saturated heterocycles. The van der Waals surface area contributed by atoms with Crippen LogP contribution in [0.4, 0.5) is 0 Å². The van der Waals surface area contributed by atoms with Gasteiger partial charge in [0.25, 0.3) is 0 Å². The molecule has 1 heterocycles. The van der Waals surface area contributed by atoms with E-state index in [1.54, 1.807) is 0 Å². The lowest BCUT2D eigenvalue weighted by molar-refractivity contribution is 0.209. The lowest BCUT2D eigenvalue weighted by Crippen LogP contribution is -2.35. The van der Waals surface area contributed by atoms with Gasteiger partial charge in [-0.05, 0) is 37.1 Å². The molecule has 2 rings (SSSR count). The van der Waals surface area contributed by atoms with E-state index in [4.69, 9.17) is 11.6 Å². The van der Waals surface area contributed by atoms with Gasteiger partial charge in [0.15, 0.2) is 0 Å². The van der Waals surface area contributed by atoms with E-state index in [9.17, 15) is 0 Å². The topological polar surface area (TPSA) is 3.24 Å². The molecule has 0 spiro atoms. The third-order valence-electron chi connectivity index (χ3n) is 3.57. The van der Waals surface area contributed by atoms with Gasteiger partial charge in [-0.25, -0.2) is 0 Å². The molecule has 4 heteroatoms. The molecule has 0 N–H and O–H groups in total. The van der Waals surface area contributed by atoms with Crippen molar-refractivity contribution in [1.82, 2.24) is 4.90 Å². The third kappa shape index (κ3) is 3.96. The summed E-state index contributed by atoms with van der Waals surface area (Å²) >= 11 is 13.4. The molecule has 1 aliphatic heterocycles. The van der Waals surface area contributed by atoms with Crippen LogP contribution in [0.5, 0.6) is 0 Å². The molecular formula is C14H18Br2ClN. The minimum Gasteiger partial charge on any atom is -0.295 e. The molecule has 18 heavy (non-hydrogen) atoms. The van der Waals surface area contributed by atoms with Gasteiger partial charge in [-0.15, -0.1) is 0 Å². The molecular weight excluding hydrogens is 377 g/mol. The number of halogens is 3. The molecule has 1 unspecified atom stereocenters. The highest BCUT2D eigenvalue weighted by atomic mass is 79.9. The van der Waals surface area contributed by atoms with Crippen LogP contribution in [-0.2, 0) is 6.54 Å². The normalized spacial score (nSPS) is 21.8. The number of rotatable bonds is 3. The molecule has 1 aromatic carbocycles. The first-order valence-electron chi connectivity index (χ1n) is 6.44. The Hall–Kier alpha value is 0.430. The largest absolute Gasteiger partial charge is 0.295 e. The van der Waals surface area contributed by atoms with Gasteiger partial charge in [-0.2, -0.15) is 0 Å². The zero-order valence-corrected chi connectivity index (χ0v) is 14.3. The molecule has 0 aliphatic carbocycles. The fourth-order valence-corrected chi connectivity index (χ4v) is 3.95. The average Bonchev–Trinajstić information content (AvgIpc) is 2.57. The summed E-state index contributed by atoms with van der Waals surface area (Å²) in [5.74, 6) is 0. The first-order chi connectivity index (χ1) is 8.70. The fraction of sp³-hybridized carbons (Fsp3) is 0.571. The highest BCUT2D eigenvalue weighted by Crippen LogP contribution is 2.26. The van der Waals surface area contributed by atoms with E-state index in [2.05, 4.69) is 48.9 Å². The lowest BCUT2D eigenvalue weighted by Gasteiger charge is -2.28. The molecule has 1 aromatic rings. The number of nitrogens with zero attached hydrogens (tertiary/aromatic N) is 1. The second kappa shape index (κ2) is 7.28. The summed E-state index contributed by atoms with van der Waals surface area (Å²) in [5, 5.41) is 1.92. The summed E-state index contributed by atoms with van der Waals surface area (Å²) in [5.41, 5.74) is 1.23. The highest BCUT2D eigenvalue weighted by molar-refractivity contribution is 9.10. The van der Waals surface area contributed by atoms with Gasteiger partial charge in [-0.3, -0.25) is 4.90 Å². The zero-order valence-electron chi connectivity index (χ0n) is 10.3. The van der Waals surface area contributed by atoms with Crippen molar-refractivity contribution in [3.63, 3.8) is 0 Å². The molecule has 1 fully saturated rings. The Balaban J connectivity index is 2.10. The Morgan fingerprint density at radius 2 is 2.11 bits per heavy atom. The number of likely N-dealkylation sites (tertiary alicyclic amines) is 1. The van der Waals surface area contributed by atoms with Crippen molar-refractivity contribution in [2.75, 3.05) is 11.9 Å².